The van der Waals surface area contributed by atoms with Gasteiger partial charge in [0, 0.05) is 6.07 Å². The number of ether oxygens (including phenoxy) is 1. The molecular weight excluding hydrogens is 254 g/mol. The number of hydrogen-bond donors (Lipinski definition) is 2. The second-order valence-corrected chi connectivity index (χ2v) is 5.28. The summed E-state index contributed by atoms with van der Waals surface area (Å²) >= 11 is 0. The van der Waals surface area contributed by atoms with Gasteiger partial charge in [0.2, 0.25) is 0 Å². The van der Waals surface area contributed by atoms with Crippen molar-refractivity contribution in [2.24, 2.45) is 0 Å². The first-order valence-electron chi connectivity index (χ1n) is 5.19. The van der Waals surface area contributed by atoms with Crippen molar-refractivity contribution in [3.63, 3.8) is 0 Å². The van der Waals surface area contributed by atoms with Gasteiger partial charge in [-0.1, -0.05) is 12.1 Å². The lowest BCUT2D eigenvalue weighted by Crippen LogP contribution is -2.05. The molecule has 5 nitrogen and oxygen atoms in total. The lowest BCUT2D eigenvalue weighted by Gasteiger charge is -2.21. The van der Waals surface area contributed by atoms with Gasteiger partial charge in [-0.25, -0.2) is 0 Å². The van der Waals surface area contributed by atoms with E-state index in [0.717, 1.165) is 5.69 Å². The summed E-state index contributed by atoms with van der Waals surface area (Å²) in [7, 11) is -4.22. The molecule has 2 aromatic carbocycles. The number of hydrogen-bond acceptors (Lipinski definition) is 4. The van der Waals surface area contributed by atoms with E-state index in [1.54, 1.807) is 12.1 Å². The number of benzene rings is 2. The van der Waals surface area contributed by atoms with Crippen LogP contribution in [0.4, 0.5) is 11.4 Å². The molecular formula is C12H9NO4S. The first-order valence-corrected chi connectivity index (χ1v) is 6.63. The van der Waals surface area contributed by atoms with E-state index in [1.807, 2.05) is 18.2 Å². The molecule has 0 amide bonds. The Labute approximate surface area is 104 Å². The third-order valence-electron chi connectivity index (χ3n) is 2.63. The van der Waals surface area contributed by atoms with Crippen LogP contribution >= 0.6 is 0 Å². The summed E-state index contributed by atoms with van der Waals surface area (Å²) in [6, 6.07) is 11.5. The van der Waals surface area contributed by atoms with Gasteiger partial charge in [0.1, 0.15) is 0 Å². The molecule has 0 radical (unpaired) electrons. The summed E-state index contributed by atoms with van der Waals surface area (Å²) in [4.78, 5) is -0.192. The average molecular weight is 263 g/mol. The molecule has 0 unspecified atom stereocenters. The Balaban J connectivity index is 2.09. The zero-order chi connectivity index (χ0) is 12.8. The highest BCUT2D eigenvalue weighted by atomic mass is 32.2. The highest BCUT2D eigenvalue weighted by Gasteiger charge is 2.19. The molecule has 1 aliphatic rings. The Kier molecular flexibility index (Phi) is 2.29. The molecule has 1 aliphatic heterocycles. The summed E-state index contributed by atoms with van der Waals surface area (Å²) in [5, 5.41) is 3.12. The van der Waals surface area contributed by atoms with Crippen molar-refractivity contribution in [3.05, 3.63) is 42.5 Å². The van der Waals surface area contributed by atoms with E-state index in [4.69, 9.17) is 9.29 Å². The minimum Gasteiger partial charge on any atom is -0.453 e. The van der Waals surface area contributed by atoms with Crippen LogP contribution in [0.2, 0.25) is 0 Å². The lowest BCUT2D eigenvalue weighted by molar-refractivity contribution is 0.471. The minimum atomic E-state index is -4.22. The monoisotopic (exact) mass is 263 g/mol. The zero-order valence-corrected chi connectivity index (χ0v) is 9.94. The Bertz CT molecular complexity index is 725. The van der Waals surface area contributed by atoms with E-state index >= 15 is 0 Å². The van der Waals surface area contributed by atoms with E-state index in [-0.39, 0.29) is 4.90 Å². The number of nitrogens with one attached hydrogen (secondary N) is 1. The van der Waals surface area contributed by atoms with Crippen LogP contribution < -0.4 is 10.1 Å². The van der Waals surface area contributed by atoms with Gasteiger partial charge in [-0.15, -0.1) is 0 Å². The Morgan fingerprint density at radius 3 is 2.50 bits per heavy atom. The van der Waals surface area contributed by atoms with Gasteiger partial charge in [-0.05, 0) is 24.3 Å². The van der Waals surface area contributed by atoms with E-state index in [2.05, 4.69) is 5.32 Å². The molecule has 1 heterocycles. The van der Waals surface area contributed by atoms with Gasteiger partial charge >= 0.3 is 0 Å². The summed E-state index contributed by atoms with van der Waals surface area (Å²) < 4.78 is 36.6. The van der Waals surface area contributed by atoms with Crippen molar-refractivity contribution in [2.45, 2.75) is 4.90 Å². The maximum Gasteiger partial charge on any atom is 0.294 e. The molecule has 0 saturated heterocycles. The van der Waals surface area contributed by atoms with E-state index in [9.17, 15) is 8.42 Å². The molecule has 0 saturated carbocycles. The SMILES string of the molecule is O=S(=O)(O)c1ccc2c(c1)Oc1ccccc1N2. The molecule has 0 aliphatic carbocycles. The van der Waals surface area contributed by atoms with Crippen molar-refractivity contribution in [2.75, 3.05) is 5.32 Å². The summed E-state index contributed by atoms with van der Waals surface area (Å²) in [6.45, 7) is 0. The molecule has 92 valence electrons. The van der Waals surface area contributed by atoms with E-state index in [1.165, 1.54) is 12.1 Å². The highest BCUT2D eigenvalue weighted by Crippen LogP contribution is 2.42. The van der Waals surface area contributed by atoms with Crippen molar-refractivity contribution >= 4 is 21.5 Å². The molecule has 0 aromatic heterocycles. The van der Waals surface area contributed by atoms with Crippen LogP contribution in [0.3, 0.4) is 0 Å². The normalized spacial score (nSPS) is 12.9. The highest BCUT2D eigenvalue weighted by molar-refractivity contribution is 7.85. The molecule has 0 bridgehead atoms. The topological polar surface area (TPSA) is 75.6 Å². The van der Waals surface area contributed by atoms with Crippen LogP contribution in [0.5, 0.6) is 11.5 Å². The predicted molar refractivity (Wildman–Crippen MR) is 66.1 cm³/mol. The fourth-order valence-electron chi connectivity index (χ4n) is 1.77. The van der Waals surface area contributed by atoms with Gasteiger partial charge in [-0.2, -0.15) is 8.42 Å². The molecule has 0 atom stereocenters. The third kappa shape index (κ3) is 1.81. The fraction of sp³-hybridized carbons (Fsp3) is 0. The van der Waals surface area contributed by atoms with Crippen LogP contribution in [0.15, 0.2) is 47.4 Å². The summed E-state index contributed by atoms with van der Waals surface area (Å²) in [5.41, 5.74) is 1.46. The maximum atomic E-state index is 11.0. The first kappa shape index (κ1) is 11.1. The molecule has 2 N–H and O–H groups in total. The summed E-state index contributed by atoms with van der Waals surface area (Å²) in [5.74, 6) is 0.973. The second kappa shape index (κ2) is 3.72. The fourth-order valence-corrected chi connectivity index (χ4v) is 2.27. The van der Waals surface area contributed by atoms with Crippen LogP contribution in [-0.2, 0) is 10.1 Å². The van der Waals surface area contributed by atoms with Gasteiger partial charge < -0.3 is 10.1 Å². The van der Waals surface area contributed by atoms with Crippen LogP contribution in [0.25, 0.3) is 0 Å². The Morgan fingerprint density at radius 2 is 1.72 bits per heavy atom. The standard InChI is InChI=1S/C12H9NO4S/c14-18(15,16)8-5-6-10-12(7-8)17-11-4-2-1-3-9(11)13-10/h1-7,13H,(H,14,15,16). The number of rotatable bonds is 1. The van der Waals surface area contributed by atoms with Crippen LogP contribution in [0, 0.1) is 0 Å². The quantitative estimate of drug-likeness (QED) is 0.660. The maximum absolute atomic E-state index is 11.0. The molecule has 0 fully saturated rings. The largest absolute Gasteiger partial charge is 0.453 e. The molecule has 6 heteroatoms. The van der Waals surface area contributed by atoms with Crippen molar-refractivity contribution in [1.29, 1.82) is 0 Å². The van der Waals surface area contributed by atoms with Gasteiger partial charge in [0.15, 0.2) is 11.5 Å². The van der Waals surface area contributed by atoms with E-state index < -0.39 is 10.1 Å². The molecule has 0 spiro atoms. The second-order valence-electron chi connectivity index (χ2n) is 3.86. The molecule has 3 rings (SSSR count). The molecule has 18 heavy (non-hydrogen) atoms. The van der Waals surface area contributed by atoms with Crippen molar-refractivity contribution in [1.82, 2.24) is 0 Å². The van der Waals surface area contributed by atoms with Gasteiger partial charge in [0.25, 0.3) is 10.1 Å². The number of para-hydroxylation sites is 2. The van der Waals surface area contributed by atoms with Crippen molar-refractivity contribution < 1.29 is 17.7 Å². The minimum absolute atomic E-state index is 0.192. The van der Waals surface area contributed by atoms with Gasteiger partial charge in [0.05, 0.1) is 16.3 Å². The van der Waals surface area contributed by atoms with Crippen LogP contribution in [0.1, 0.15) is 0 Å². The van der Waals surface area contributed by atoms with Crippen LogP contribution in [-0.4, -0.2) is 13.0 Å². The third-order valence-corrected chi connectivity index (χ3v) is 3.48. The Morgan fingerprint density at radius 1 is 1.00 bits per heavy atom. The van der Waals surface area contributed by atoms with Crippen molar-refractivity contribution in [3.8, 4) is 11.5 Å². The Hall–Kier alpha value is -2.05. The molecule has 2 aromatic rings. The zero-order valence-electron chi connectivity index (χ0n) is 9.12. The van der Waals surface area contributed by atoms with Gasteiger partial charge in [-0.3, -0.25) is 4.55 Å². The average Bonchev–Trinajstić information content (AvgIpc) is 2.34. The summed E-state index contributed by atoms with van der Waals surface area (Å²) in [6.07, 6.45) is 0. The number of anilines is 2. The predicted octanol–water partition coefficient (Wildman–Crippen LogP) is 2.78. The smallest absolute Gasteiger partial charge is 0.294 e. The number of fused-ring (bicyclic) bond motifs is 2. The first-order chi connectivity index (χ1) is 8.54. The lowest BCUT2D eigenvalue weighted by atomic mass is 10.2. The van der Waals surface area contributed by atoms with E-state index in [0.29, 0.717) is 17.2 Å².